The number of amides is 4. The molecule has 10 heteroatoms. The van der Waals surface area contributed by atoms with Crippen molar-refractivity contribution < 1.29 is 38.2 Å². The molecule has 5 aliphatic rings. The number of rotatable bonds is 4. The Labute approximate surface area is 216 Å². The molecule has 3 aliphatic carbocycles. The number of carbonyl (C=O) groups is 6. The largest absolute Gasteiger partial charge is 0.465 e. The Morgan fingerprint density at radius 2 is 0.842 bits per heavy atom. The molecule has 4 amide bonds. The van der Waals surface area contributed by atoms with Crippen LogP contribution in [0.1, 0.15) is 20.7 Å². The number of esters is 2. The third-order valence-electron chi connectivity index (χ3n) is 8.10. The van der Waals surface area contributed by atoms with Crippen LogP contribution in [0.15, 0.2) is 60.7 Å². The Balaban J connectivity index is 1.31. The number of hydrogen-bond donors (Lipinski definition) is 0. The molecule has 2 aliphatic heterocycles. The number of imide groups is 2. The van der Waals surface area contributed by atoms with Gasteiger partial charge in [-0.3, -0.25) is 29.0 Å². The number of allylic oxidation sites excluding steroid dienone is 2. The van der Waals surface area contributed by atoms with E-state index in [0.717, 1.165) is 9.80 Å². The van der Waals surface area contributed by atoms with Gasteiger partial charge in [0.25, 0.3) is 0 Å². The predicted octanol–water partition coefficient (Wildman–Crippen LogP) is 1.99. The maximum Gasteiger partial charge on any atom is 0.337 e. The average Bonchev–Trinajstić information content (AvgIpc) is 3.39. The number of ether oxygens (including phenoxy) is 2. The number of anilines is 2. The highest BCUT2D eigenvalue weighted by atomic mass is 16.5. The molecule has 0 N–H and O–H groups in total. The van der Waals surface area contributed by atoms with E-state index < -0.39 is 71.1 Å². The minimum Gasteiger partial charge on any atom is -0.465 e. The van der Waals surface area contributed by atoms with Crippen LogP contribution in [0.4, 0.5) is 11.4 Å². The second-order valence-electron chi connectivity index (χ2n) is 9.74. The fraction of sp³-hybridized carbons (Fsp3) is 0.286. The zero-order valence-corrected chi connectivity index (χ0v) is 20.4. The van der Waals surface area contributed by atoms with Gasteiger partial charge in [-0.2, -0.15) is 0 Å². The summed E-state index contributed by atoms with van der Waals surface area (Å²) >= 11 is 0. The second kappa shape index (κ2) is 8.47. The van der Waals surface area contributed by atoms with Gasteiger partial charge in [0.2, 0.25) is 23.6 Å². The maximum atomic E-state index is 13.6. The fourth-order valence-electron chi connectivity index (χ4n) is 6.46. The molecule has 0 spiro atoms. The molecule has 2 aromatic rings. The van der Waals surface area contributed by atoms with Crippen molar-refractivity contribution in [3.8, 4) is 0 Å². The summed E-state index contributed by atoms with van der Waals surface area (Å²) in [7, 11) is 2.52. The number of nitrogens with zero attached hydrogens (tertiary/aromatic N) is 2. The third-order valence-corrected chi connectivity index (χ3v) is 8.10. The van der Waals surface area contributed by atoms with Crippen molar-refractivity contribution in [3.63, 3.8) is 0 Å². The number of hydrogen-bond acceptors (Lipinski definition) is 8. The number of carbonyl (C=O) groups excluding carboxylic acids is 6. The van der Waals surface area contributed by atoms with Crippen molar-refractivity contribution >= 4 is 46.9 Å². The van der Waals surface area contributed by atoms with Crippen LogP contribution in [-0.4, -0.2) is 49.8 Å². The fourth-order valence-corrected chi connectivity index (χ4v) is 6.46. The third kappa shape index (κ3) is 3.12. The SMILES string of the molecule is COC(=O)c1ccc(N2C(=O)[C@@H]3C4C=CC([C@H]3C2=O)[C@H]2C(=O)N(c3ccc(C(=O)OC)cc3)C(=O)[C@H]42)cc1. The van der Waals surface area contributed by atoms with E-state index in [4.69, 9.17) is 9.47 Å². The monoisotopic (exact) mass is 514 g/mol. The van der Waals surface area contributed by atoms with Crippen LogP contribution in [0.5, 0.6) is 0 Å². The lowest BCUT2D eigenvalue weighted by Gasteiger charge is -2.44. The average molecular weight is 514 g/mol. The molecule has 192 valence electrons. The van der Waals surface area contributed by atoms with E-state index in [2.05, 4.69) is 0 Å². The topological polar surface area (TPSA) is 127 Å². The number of benzene rings is 2. The lowest BCUT2D eigenvalue weighted by atomic mass is 9.54. The van der Waals surface area contributed by atoms with Gasteiger partial charge in [0.1, 0.15) is 0 Å². The van der Waals surface area contributed by atoms with Gasteiger partial charge in [-0.1, -0.05) is 12.2 Å². The molecule has 0 unspecified atom stereocenters. The molecular weight excluding hydrogens is 492 g/mol. The van der Waals surface area contributed by atoms with E-state index >= 15 is 0 Å². The van der Waals surface area contributed by atoms with Crippen LogP contribution in [0.2, 0.25) is 0 Å². The highest BCUT2D eigenvalue weighted by Gasteiger charge is 2.68. The van der Waals surface area contributed by atoms with Crippen LogP contribution in [0.3, 0.4) is 0 Å². The molecule has 2 saturated heterocycles. The van der Waals surface area contributed by atoms with E-state index in [9.17, 15) is 28.8 Å². The summed E-state index contributed by atoms with van der Waals surface area (Å²) in [6, 6.07) is 11.9. The summed E-state index contributed by atoms with van der Waals surface area (Å²) in [4.78, 5) is 80.1. The van der Waals surface area contributed by atoms with Gasteiger partial charge in [-0.25, -0.2) is 9.59 Å². The van der Waals surface area contributed by atoms with Gasteiger partial charge in [0, 0.05) is 11.8 Å². The van der Waals surface area contributed by atoms with Crippen molar-refractivity contribution in [2.75, 3.05) is 24.0 Å². The van der Waals surface area contributed by atoms with Crippen LogP contribution in [-0.2, 0) is 28.7 Å². The molecule has 2 bridgehead atoms. The van der Waals surface area contributed by atoms with Crippen LogP contribution in [0.25, 0.3) is 0 Å². The van der Waals surface area contributed by atoms with Gasteiger partial charge in [-0.05, 0) is 48.5 Å². The molecular formula is C28H22N2O8. The van der Waals surface area contributed by atoms with Gasteiger partial charge in [0.15, 0.2) is 0 Å². The van der Waals surface area contributed by atoms with Gasteiger partial charge in [-0.15, -0.1) is 0 Å². The summed E-state index contributed by atoms with van der Waals surface area (Å²) in [5, 5.41) is 0. The van der Waals surface area contributed by atoms with Crippen LogP contribution < -0.4 is 9.80 Å². The molecule has 7 rings (SSSR count). The van der Waals surface area contributed by atoms with Gasteiger partial charge in [0.05, 0.1) is 60.4 Å². The van der Waals surface area contributed by atoms with E-state index in [1.54, 1.807) is 12.2 Å². The minimum absolute atomic E-state index is 0.278. The zero-order chi connectivity index (χ0) is 26.9. The van der Waals surface area contributed by atoms with Gasteiger partial charge >= 0.3 is 11.9 Å². The molecule has 10 nitrogen and oxygen atoms in total. The molecule has 2 aromatic carbocycles. The highest BCUT2D eigenvalue weighted by molar-refractivity contribution is 6.26. The summed E-state index contributed by atoms with van der Waals surface area (Å²) in [6.07, 6.45) is 3.58. The smallest absolute Gasteiger partial charge is 0.337 e. The van der Waals surface area contributed by atoms with Crippen LogP contribution >= 0.6 is 0 Å². The first-order valence-corrected chi connectivity index (χ1v) is 12.1. The molecule has 1 saturated carbocycles. The van der Waals surface area contributed by atoms with E-state index in [1.165, 1.54) is 62.8 Å². The molecule has 3 fully saturated rings. The maximum absolute atomic E-state index is 13.6. The zero-order valence-electron chi connectivity index (χ0n) is 20.4. The van der Waals surface area contributed by atoms with Crippen molar-refractivity contribution in [1.29, 1.82) is 0 Å². The Morgan fingerprint density at radius 3 is 1.11 bits per heavy atom. The van der Waals surface area contributed by atoms with Crippen molar-refractivity contribution in [3.05, 3.63) is 71.8 Å². The molecule has 4 atom stereocenters. The Kier molecular flexibility index (Phi) is 5.30. The Hall–Kier alpha value is -4.60. The molecule has 0 aromatic heterocycles. The summed E-state index contributed by atoms with van der Waals surface area (Å²) in [6.45, 7) is 0. The molecule has 2 heterocycles. The van der Waals surface area contributed by atoms with Gasteiger partial charge < -0.3 is 9.47 Å². The molecule has 0 radical (unpaired) electrons. The van der Waals surface area contributed by atoms with Crippen LogP contribution in [0, 0.1) is 35.5 Å². The van der Waals surface area contributed by atoms with Crippen molar-refractivity contribution in [1.82, 2.24) is 0 Å². The van der Waals surface area contributed by atoms with E-state index in [1.807, 2.05) is 0 Å². The minimum atomic E-state index is -0.766. The van der Waals surface area contributed by atoms with E-state index in [-0.39, 0.29) is 11.1 Å². The first-order valence-electron chi connectivity index (χ1n) is 12.1. The quantitative estimate of drug-likeness (QED) is 0.344. The summed E-state index contributed by atoms with van der Waals surface area (Å²) < 4.78 is 9.40. The first kappa shape index (κ1) is 23.8. The van der Waals surface area contributed by atoms with Crippen molar-refractivity contribution in [2.45, 2.75) is 0 Å². The highest BCUT2D eigenvalue weighted by Crippen LogP contribution is 2.58. The Morgan fingerprint density at radius 1 is 0.553 bits per heavy atom. The van der Waals surface area contributed by atoms with Crippen molar-refractivity contribution in [2.24, 2.45) is 35.5 Å². The normalized spacial score (nSPS) is 29.0. The summed E-state index contributed by atoms with van der Waals surface area (Å²) in [5.41, 5.74) is 1.19. The lowest BCUT2D eigenvalue weighted by molar-refractivity contribution is -0.137. The van der Waals surface area contributed by atoms with E-state index in [0.29, 0.717) is 11.4 Å². The first-order chi connectivity index (χ1) is 18.3. The number of methoxy groups -OCH3 is 2. The Bertz CT molecular complexity index is 1290. The summed E-state index contributed by atoms with van der Waals surface area (Å²) in [5.74, 6) is -7.07. The predicted molar refractivity (Wildman–Crippen MR) is 131 cm³/mol. The lowest BCUT2D eigenvalue weighted by Crippen LogP contribution is -2.50. The molecule has 38 heavy (non-hydrogen) atoms. The standard InChI is InChI=1S/C28H22N2O8/c1-37-27(35)13-3-7-15(8-4-13)29-23(31)19-17-11-12-18(20(19)24(29)32)22-21(17)25(33)30(26(22)34)16-9-5-14(6-10-16)28(36)38-2/h3-12,17-22H,1-2H3/t17?,18?,19-,20-,21-,22-/m1/s1. The second-order valence-corrected chi connectivity index (χ2v) is 9.74.